The van der Waals surface area contributed by atoms with Crippen molar-refractivity contribution in [2.24, 2.45) is 0 Å². The topological polar surface area (TPSA) is 40.5 Å². The van der Waals surface area contributed by atoms with Crippen LogP contribution in [0.3, 0.4) is 0 Å². The summed E-state index contributed by atoms with van der Waals surface area (Å²) in [4.78, 5) is 15.6. The Bertz CT molecular complexity index is 241. The van der Waals surface area contributed by atoms with Crippen molar-refractivity contribution in [1.82, 2.24) is 4.73 Å². The van der Waals surface area contributed by atoms with Crippen LogP contribution in [0.4, 0.5) is 4.79 Å². The molecule has 1 rings (SSSR count). The van der Waals surface area contributed by atoms with Crippen LogP contribution in [0.5, 0.6) is 0 Å². The quantitative estimate of drug-likeness (QED) is 0.629. The standard InChI is InChI=1S/C8H11NO3/c1-7(2)11-8(10)12-9-5-3-4-6-9/h3-7H,1-2H3. The molecule has 0 bridgehead atoms. The highest BCUT2D eigenvalue weighted by Crippen LogP contribution is 1.92. The van der Waals surface area contributed by atoms with Crippen LogP contribution in [-0.2, 0) is 4.74 Å². The van der Waals surface area contributed by atoms with Gasteiger partial charge >= 0.3 is 6.16 Å². The van der Waals surface area contributed by atoms with Crippen LogP contribution in [-0.4, -0.2) is 17.0 Å². The van der Waals surface area contributed by atoms with Crippen molar-refractivity contribution in [3.8, 4) is 0 Å². The number of hydrogen-bond donors (Lipinski definition) is 0. The van der Waals surface area contributed by atoms with Crippen LogP contribution >= 0.6 is 0 Å². The van der Waals surface area contributed by atoms with Crippen molar-refractivity contribution in [1.29, 1.82) is 0 Å². The zero-order valence-corrected chi connectivity index (χ0v) is 7.06. The van der Waals surface area contributed by atoms with Crippen molar-refractivity contribution in [2.45, 2.75) is 20.0 Å². The summed E-state index contributed by atoms with van der Waals surface area (Å²) < 4.78 is 6.02. The molecular formula is C8H11NO3. The van der Waals surface area contributed by atoms with Crippen LogP contribution in [0.15, 0.2) is 24.5 Å². The first-order valence-electron chi connectivity index (χ1n) is 3.70. The normalized spacial score (nSPS) is 9.92. The van der Waals surface area contributed by atoms with Gasteiger partial charge in [0.2, 0.25) is 0 Å². The summed E-state index contributed by atoms with van der Waals surface area (Å²) in [5.41, 5.74) is 0. The summed E-state index contributed by atoms with van der Waals surface area (Å²) in [7, 11) is 0. The Labute approximate surface area is 70.7 Å². The molecule has 0 aromatic carbocycles. The molecule has 0 radical (unpaired) electrons. The van der Waals surface area contributed by atoms with E-state index >= 15 is 0 Å². The summed E-state index contributed by atoms with van der Waals surface area (Å²) in [6.45, 7) is 3.52. The molecule has 0 aliphatic heterocycles. The molecule has 66 valence electrons. The van der Waals surface area contributed by atoms with E-state index in [-0.39, 0.29) is 6.10 Å². The summed E-state index contributed by atoms with van der Waals surface area (Å²) in [6.07, 6.45) is 2.37. The Morgan fingerprint density at radius 3 is 2.42 bits per heavy atom. The Balaban J connectivity index is 2.37. The van der Waals surface area contributed by atoms with E-state index in [4.69, 9.17) is 9.57 Å². The van der Waals surface area contributed by atoms with E-state index in [1.54, 1.807) is 38.4 Å². The number of aromatic nitrogens is 1. The van der Waals surface area contributed by atoms with E-state index in [1.807, 2.05) is 0 Å². The molecule has 12 heavy (non-hydrogen) atoms. The average Bonchev–Trinajstić information content (AvgIpc) is 2.37. The largest absolute Gasteiger partial charge is 0.533 e. The lowest BCUT2D eigenvalue weighted by molar-refractivity contribution is 0.0288. The van der Waals surface area contributed by atoms with E-state index in [1.165, 1.54) is 4.73 Å². The number of ether oxygens (including phenoxy) is 1. The van der Waals surface area contributed by atoms with Gasteiger partial charge in [-0.2, -0.15) is 4.73 Å². The fraction of sp³-hybridized carbons (Fsp3) is 0.375. The predicted molar refractivity (Wildman–Crippen MR) is 42.6 cm³/mol. The smallest absolute Gasteiger partial charge is 0.430 e. The molecule has 0 aliphatic carbocycles. The molecule has 0 unspecified atom stereocenters. The lowest BCUT2D eigenvalue weighted by Gasteiger charge is -2.07. The van der Waals surface area contributed by atoms with Gasteiger partial charge in [-0.3, -0.25) is 0 Å². The fourth-order valence-corrected chi connectivity index (χ4v) is 0.680. The first-order chi connectivity index (χ1) is 5.68. The number of carbonyl (C=O) groups excluding carboxylic acids is 1. The Hall–Kier alpha value is -1.45. The molecule has 0 N–H and O–H groups in total. The minimum Gasteiger partial charge on any atom is -0.430 e. The van der Waals surface area contributed by atoms with E-state index in [2.05, 4.69) is 0 Å². The number of hydrogen-bond acceptors (Lipinski definition) is 3. The van der Waals surface area contributed by atoms with Gasteiger partial charge in [-0.05, 0) is 26.0 Å². The van der Waals surface area contributed by atoms with Crippen molar-refractivity contribution >= 4 is 6.16 Å². The molecular weight excluding hydrogens is 158 g/mol. The van der Waals surface area contributed by atoms with Gasteiger partial charge in [0.1, 0.15) is 0 Å². The molecule has 1 heterocycles. The van der Waals surface area contributed by atoms with Crippen LogP contribution < -0.4 is 4.84 Å². The molecule has 4 nitrogen and oxygen atoms in total. The second-order valence-electron chi connectivity index (χ2n) is 2.55. The second-order valence-corrected chi connectivity index (χ2v) is 2.55. The van der Waals surface area contributed by atoms with Gasteiger partial charge in [-0.1, -0.05) is 0 Å². The first-order valence-corrected chi connectivity index (χ1v) is 3.70. The summed E-state index contributed by atoms with van der Waals surface area (Å²) in [5, 5.41) is 0. The summed E-state index contributed by atoms with van der Waals surface area (Å²) in [5.74, 6) is 0. The van der Waals surface area contributed by atoms with Crippen molar-refractivity contribution in [2.75, 3.05) is 0 Å². The third-order valence-corrected chi connectivity index (χ3v) is 1.09. The highest BCUT2D eigenvalue weighted by Gasteiger charge is 2.06. The van der Waals surface area contributed by atoms with Crippen molar-refractivity contribution in [3.05, 3.63) is 24.5 Å². The minimum absolute atomic E-state index is 0.159. The zero-order chi connectivity index (χ0) is 8.97. The first kappa shape index (κ1) is 8.64. The van der Waals surface area contributed by atoms with E-state index in [0.29, 0.717) is 0 Å². The third-order valence-electron chi connectivity index (χ3n) is 1.09. The molecule has 0 atom stereocenters. The molecule has 0 fully saturated rings. The van der Waals surface area contributed by atoms with Crippen LogP contribution in [0, 0.1) is 0 Å². The molecule has 0 saturated carbocycles. The zero-order valence-electron chi connectivity index (χ0n) is 7.06. The molecule has 1 aromatic rings. The van der Waals surface area contributed by atoms with E-state index < -0.39 is 6.16 Å². The second kappa shape index (κ2) is 3.80. The third kappa shape index (κ3) is 2.65. The van der Waals surface area contributed by atoms with Crippen LogP contribution in [0.2, 0.25) is 0 Å². The Morgan fingerprint density at radius 2 is 1.92 bits per heavy atom. The SMILES string of the molecule is CC(C)OC(=O)On1cccc1. The molecule has 0 spiro atoms. The molecule has 0 amide bonds. The van der Waals surface area contributed by atoms with Gasteiger partial charge in [-0.25, -0.2) is 4.79 Å². The van der Waals surface area contributed by atoms with Gasteiger partial charge in [0, 0.05) is 12.4 Å². The van der Waals surface area contributed by atoms with E-state index in [0.717, 1.165) is 0 Å². The molecule has 1 aromatic heterocycles. The number of nitrogens with zero attached hydrogens (tertiary/aromatic N) is 1. The maximum atomic E-state index is 10.9. The minimum atomic E-state index is -0.693. The monoisotopic (exact) mass is 169 g/mol. The van der Waals surface area contributed by atoms with E-state index in [9.17, 15) is 4.79 Å². The van der Waals surface area contributed by atoms with Crippen LogP contribution in [0.25, 0.3) is 0 Å². The number of rotatable bonds is 2. The Kier molecular flexibility index (Phi) is 2.74. The lowest BCUT2D eigenvalue weighted by atomic mass is 10.5. The molecule has 0 aliphatic rings. The Morgan fingerprint density at radius 1 is 1.33 bits per heavy atom. The number of carbonyl (C=O) groups is 1. The molecule has 0 saturated heterocycles. The predicted octanol–water partition coefficient (Wildman–Crippen LogP) is 1.46. The summed E-state index contributed by atoms with van der Waals surface area (Å²) in [6, 6.07) is 3.51. The van der Waals surface area contributed by atoms with Crippen LogP contribution in [0.1, 0.15) is 13.8 Å². The maximum absolute atomic E-state index is 10.9. The van der Waals surface area contributed by atoms with Gasteiger partial charge in [0.25, 0.3) is 0 Å². The van der Waals surface area contributed by atoms with Crippen molar-refractivity contribution in [3.63, 3.8) is 0 Å². The maximum Gasteiger partial charge on any atom is 0.533 e. The van der Waals surface area contributed by atoms with Crippen molar-refractivity contribution < 1.29 is 14.4 Å². The highest BCUT2D eigenvalue weighted by atomic mass is 16.8. The van der Waals surface area contributed by atoms with Gasteiger partial charge in [-0.15, -0.1) is 0 Å². The fourth-order valence-electron chi connectivity index (χ4n) is 0.680. The lowest BCUT2D eigenvalue weighted by Crippen LogP contribution is -2.22. The highest BCUT2D eigenvalue weighted by molar-refractivity contribution is 5.60. The summed E-state index contributed by atoms with van der Waals surface area (Å²) >= 11 is 0. The average molecular weight is 169 g/mol. The van der Waals surface area contributed by atoms with Gasteiger partial charge in [0.15, 0.2) is 0 Å². The molecule has 4 heteroatoms. The van der Waals surface area contributed by atoms with Gasteiger partial charge in [0.05, 0.1) is 6.10 Å². The van der Waals surface area contributed by atoms with Gasteiger partial charge < -0.3 is 9.57 Å².